The first-order valence-corrected chi connectivity index (χ1v) is 10.8. The second-order valence-electron chi connectivity index (χ2n) is 5.39. The zero-order valence-corrected chi connectivity index (χ0v) is 15.8. The molecule has 7 heteroatoms. The summed E-state index contributed by atoms with van der Waals surface area (Å²) in [6.07, 6.45) is 2.79. The van der Waals surface area contributed by atoms with E-state index in [1.54, 1.807) is 17.8 Å². The van der Waals surface area contributed by atoms with Gasteiger partial charge in [0.25, 0.3) is 0 Å². The van der Waals surface area contributed by atoms with Gasteiger partial charge >= 0.3 is 0 Å². The van der Waals surface area contributed by atoms with Crippen molar-refractivity contribution in [1.29, 1.82) is 0 Å². The van der Waals surface area contributed by atoms with Crippen LogP contribution in [0, 0.1) is 6.92 Å². The van der Waals surface area contributed by atoms with Gasteiger partial charge in [0.15, 0.2) is 0 Å². The predicted molar refractivity (Wildman–Crippen MR) is 93.8 cm³/mol. The summed E-state index contributed by atoms with van der Waals surface area (Å²) in [5.41, 5.74) is 1.03. The van der Waals surface area contributed by atoms with Crippen LogP contribution in [0.25, 0.3) is 0 Å². The third kappa shape index (κ3) is 5.90. The molecule has 0 spiro atoms. The zero-order chi connectivity index (χ0) is 16.0. The molecule has 0 bridgehead atoms. The number of nitrogens with one attached hydrogen (secondary N) is 2. The van der Waals surface area contributed by atoms with Crippen molar-refractivity contribution in [3.8, 4) is 0 Å². The highest BCUT2D eigenvalue weighted by molar-refractivity contribution is 7.98. The van der Waals surface area contributed by atoms with Crippen molar-refractivity contribution in [2.75, 3.05) is 12.0 Å². The molecule has 21 heavy (non-hydrogen) atoms. The third-order valence-electron chi connectivity index (χ3n) is 3.12. The van der Waals surface area contributed by atoms with E-state index in [1.807, 2.05) is 20.1 Å². The maximum absolute atomic E-state index is 12.4. The topological polar surface area (TPSA) is 58.2 Å². The van der Waals surface area contributed by atoms with Gasteiger partial charge in [0, 0.05) is 29.3 Å². The lowest BCUT2D eigenvalue weighted by atomic mass is 10.3. The molecular weight excluding hydrogens is 324 g/mol. The molecule has 0 aromatic carbocycles. The highest BCUT2D eigenvalue weighted by Gasteiger charge is 2.22. The lowest BCUT2D eigenvalue weighted by molar-refractivity contribution is 0.560. The number of aryl methyl sites for hydroxylation is 1. The fourth-order valence-electron chi connectivity index (χ4n) is 1.81. The average molecular weight is 351 g/mol. The lowest BCUT2D eigenvalue weighted by Crippen LogP contribution is -2.35. The average Bonchev–Trinajstić information content (AvgIpc) is 2.78. The van der Waals surface area contributed by atoms with E-state index in [1.165, 1.54) is 11.3 Å². The fraction of sp³-hybridized carbons (Fsp3) is 0.714. The van der Waals surface area contributed by atoms with Gasteiger partial charge in [-0.15, -0.1) is 11.3 Å². The van der Waals surface area contributed by atoms with Crippen molar-refractivity contribution >= 4 is 33.1 Å². The number of sulfonamides is 1. The summed E-state index contributed by atoms with van der Waals surface area (Å²) < 4.78 is 28.1. The van der Waals surface area contributed by atoms with Gasteiger partial charge in [0.1, 0.15) is 4.21 Å². The van der Waals surface area contributed by atoms with Gasteiger partial charge in [-0.2, -0.15) is 11.8 Å². The lowest BCUT2D eigenvalue weighted by Gasteiger charge is -2.14. The summed E-state index contributed by atoms with van der Waals surface area (Å²) >= 11 is 3.02. The van der Waals surface area contributed by atoms with Gasteiger partial charge in [0.2, 0.25) is 10.0 Å². The Kier molecular flexibility index (Phi) is 7.70. The van der Waals surface area contributed by atoms with E-state index < -0.39 is 10.0 Å². The predicted octanol–water partition coefficient (Wildman–Crippen LogP) is 2.97. The molecule has 2 N–H and O–H groups in total. The maximum atomic E-state index is 12.4. The first-order valence-electron chi connectivity index (χ1n) is 7.14. The number of thioether (sulfide) groups is 1. The van der Waals surface area contributed by atoms with Gasteiger partial charge in [0.05, 0.1) is 0 Å². The van der Waals surface area contributed by atoms with Crippen molar-refractivity contribution in [3.63, 3.8) is 0 Å². The Bertz CT molecular complexity index is 538. The smallest absolute Gasteiger partial charge is 0.250 e. The van der Waals surface area contributed by atoms with Gasteiger partial charge in [-0.25, -0.2) is 13.1 Å². The van der Waals surface area contributed by atoms with Crippen molar-refractivity contribution < 1.29 is 8.42 Å². The minimum atomic E-state index is -3.41. The van der Waals surface area contributed by atoms with E-state index in [0.717, 1.165) is 22.6 Å². The molecule has 1 unspecified atom stereocenters. The molecule has 0 amide bonds. The van der Waals surface area contributed by atoms with E-state index in [4.69, 9.17) is 0 Å². The molecule has 0 aliphatic carbocycles. The Morgan fingerprint density at radius 1 is 1.38 bits per heavy atom. The normalized spacial score (nSPS) is 13.8. The molecule has 1 heterocycles. The van der Waals surface area contributed by atoms with Crippen LogP contribution in [0.1, 0.15) is 37.6 Å². The second-order valence-corrected chi connectivity index (χ2v) is 9.38. The van der Waals surface area contributed by atoms with Crippen LogP contribution in [0.3, 0.4) is 0 Å². The number of thiophene rings is 1. The molecule has 1 aromatic heterocycles. The third-order valence-corrected chi connectivity index (χ3v) is 7.08. The molecule has 0 aliphatic rings. The number of rotatable bonds is 9. The van der Waals surface area contributed by atoms with Crippen molar-refractivity contribution in [1.82, 2.24) is 10.0 Å². The molecule has 0 fully saturated rings. The van der Waals surface area contributed by atoms with E-state index in [0.29, 0.717) is 16.8 Å². The first kappa shape index (κ1) is 19.0. The first-order chi connectivity index (χ1) is 9.80. The molecule has 0 saturated carbocycles. The van der Waals surface area contributed by atoms with Crippen LogP contribution in [0.15, 0.2) is 10.3 Å². The molecule has 4 nitrogen and oxygen atoms in total. The van der Waals surface area contributed by atoms with Gasteiger partial charge in [-0.3, -0.25) is 0 Å². The summed E-state index contributed by atoms with van der Waals surface area (Å²) in [4.78, 5) is 1.09. The molecular formula is C14H26N2O2S3. The summed E-state index contributed by atoms with van der Waals surface area (Å²) in [6, 6.07) is 2.15. The quantitative estimate of drug-likeness (QED) is 0.719. The highest BCUT2D eigenvalue weighted by Crippen LogP contribution is 2.26. The summed E-state index contributed by atoms with van der Waals surface area (Å²) in [5, 5.41) is 3.33. The second kappa shape index (κ2) is 8.53. The minimum absolute atomic E-state index is 0.00959. The van der Waals surface area contributed by atoms with Crippen LogP contribution in [-0.2, 0) is 16.6 Å². The van der Waals surface area contributed by atoms with E-state index >= 15 is 0 Å². The number of hydrogen-bond acceptors (Lipinski definition) is 5. The molecule has 1 atom stereocenters. The van der Waals surface area contributed by atoms with Crippen LogP contribution in [0.4, 0.5) is 0 Å². The highest BCUT2D eigenvalue weighted by atomic mass is 32.2. The van der Waals surface area contributed by atoms with E-state index in [2.05, 4.69) is 23.9 Å². The molecule has 0 saturated heterocycles. The summed E-state index contributed by atoms with van der Waals surface area (Å²) in [5.74, 6) is 0.794. The molecule has 0 radical (unpaired) electrons. The van der Waals surface area contributed by atoms with Crippen LogP contribution >= 0.6 is 23.1 Å². The SMILES string of the molecule is CCC(CSC)NS(=O)(=O)c1cc(C)c(CNC(C)C)s1. The Balaban J connectivity index is 2.86. The van der Waals surface area contributed by atoms with Gasteiger partial charge < -0.3 is 5.32 Å². The van der Waals surface area contributed by atoms with Crippen molar-refractivity contribution in [2.45, 2.75) is 57.0 Å². The van der Waals surface area contributed by atoms with Crippen LogP contribution in [-0.4, -0.2) is 32.5 Å². The Morgan fingerprint density at radius 2 is 2.05 bits per heavy atom. The van der Waals surface area contributed by atoms with Crippen LogP contribution in [0.2, 0.25) is 0 Å². The van der Waals surface area contributed by atoms with E-state index in [9.17, 15) is 8.42 Å². The monoisotopic (exact) mass is 350 g/mol. The van der Waals surface area contributed by atoms with Crippen LogP contribution in [0.5, 0.6) is 0 Å². The summed E-state index contributed by atoms with van der Waals surface area (Å²) in [6.45, 7) is 8.84. The Hall–Kier alpha value is -0.0800. The molecule has 1 rings (SSSR count). The van der Waals surface area contributed by atoms with Crippen LogP contribution < -0.4 is 10.0 Å². The molecule has 122 valence electrons. The largest absolute Gasteiger partial charge is 0.310 e. The number of hydrogen-bond donors (Lipinski definition) is 2. The Labute approximate surface area is 137 Å². The Morgan fingerprint density at radius 3 is 2.57 bits per heavy atom. The minimum Gasteiger partial charge on any atom is -0.310 e. The van der Waals surface area contributed by atoms with E-state index in [-0.39, 0.29) is 6.04 Å². The zero-order valence-electron chi connectivity index (χ0n) is 13.4. The maximum Gasteiger partial charge on any atom is 0.250 e. The van der Waals surface area contributed by atoms with Crippen molar-refractivity contribution in [3.05, 3.63) is 16.5 Å². The van der Waals surface area contributed by atoms with Crippen molar-refractivity contribution in [2.24, 2.45) is 0 Å². The fourth-order valence-corrected chi connectivity index (χ4v) is 5.51. The molecule has 1 aromatic rings. The molecule has 0 aliphatic heterocycles. The van der Waals surface area contributed by atoms with Gasteiger partial charge in [-0.1, -0.05) is 20.8 Å². The standard InChI is InChI=1S/C14H26N2O2S3/c1-6-12(9-19-5)16-21(17,18)14-7-11(4)13(20-14)8-15-10(2)3/h7,10,12,15-16H,6,8-9H2,1-5H3. The van der Waals surface area contributed by atoms with Gasteiger partial charge in [-0.05, 0) is 31.2 Å². The summed E-state index contributed by atoms with van der Waals surface area (Å²) in [7, 11) is -3.41.